The van der Waals surface area contributed by atoms with Crippen molar-refractivity contribution in [2.45, 2.75) is 33.1 Å². The van der Waals surface area contributed by atoms with Gasteiger partial charge in [0.15, 0.2) is 0 Å². The Balaban J connectivity index is 2.74. The molecule has 0 amide bonds. The summed E-state index contributed by atoms with van der Waals surface area (Å²) >= 11 is 0. The van der Waals surface area contributed by atoms with Crippen LogP contribution in [0.4, 0.5) is 0 Å². The highest BCUT2D eigenvalue weighted by atomic mass is 14.8. The molecule has 0 spiro atoms. The molecule has 0 aromatic rings. The molecule has 1 aliphatic heterocycles. The first-order valence-corrected chi connectivity index (χ1v) is 4.92. The van der Waals surface area contributed by atoms with Gasteiger partial charge in [-0.05, 0) is 38.3 Å². The number of rotatable bonds is 2. The Bertz CT molecular complexity index is 189. The second-order valence-electron chi connectivity index (χ2n) is 3.26. The summed E-state index contributed by atoms with van der Waals surface area (Å²) in [5, 5.41) is 3.44. The van der Waals surface area contributed by atoms with E-state index >= 15 is 0 Å². The first-order valence-electron chi connectivity index (χ1n) is 4.92. The lowest BCUT2D eigenvalue weighted by Gasteiger charge is -2.05. The van der Waals surface area contributed by atoms with E-state index in [4.69, 9.17) is 0 Å². The number of hydrogen-bond donors (Lipinski definition) is 1. The van der Waals surface area contributed by atoms with Crippen LogP contribution in [0.1, 0.15) is 33.1 Å². The lowest BCUT2D eigenvalue weighted by molar-refractivity contribution is 0.709. The second-order valence-corrected chi connectivity index (χ2v) is 3.26. The van der Waals surface area contributed by atoms with E-state index in [0.717, 1.165) is 6.54 Å². The van der Waals surface area contributed by atoms with Gasteiger partial charge in [0.05, 0.1) is 0 Å². The summed E-state index contributed by atoms with van der Waals surface area (Å²) in [6, 6.07) is 0. The zero-order valence-corrected chi connectivity index (χ0v) is 8.19. The van der Waals surface area contributed by atoms with Crippen molar-refractivity contribution >= 4 is 0 Å². The van der Waals surface area contributed by atoms with Gasteiger partial charge in [-0.1, -0.05) is 24.6 Å². The summed E-state index contributed by atoms with van der Waals surface area (Å²) in [5.74, 6) is 0. The van der Waals surface area contributed by atoms with E-state index in [0.29, 0.717) is 0 Å². The van der Waals surface area contributed by atoms with Crippen LogP contribution in [-0.2, 0) is 0 Å². The van der Waals surface area contributed by atoms with Gasteiger partial charge < -0.3 is 5.32 Å². The van der Waals surface area contributed by atoms with Crippen molar-refractivity contribution in [1.29, 1.82) is 0 Å². The summed E-state index contributed by atoms with van der Waals surface area (Å²) in [4.78, 5) is 0. The van der Waals surface area contributed by atoms with E-state index in [9.17, 15) is 0 Å². The van der Waals surface area contributed by atoms with Crippen LogP contribution in [0.2, 0.25) is 0 Å². The molecule has 1 heteroatoms. The molecule has 0 bridgehead atoms. The SMILES string of the molecule is C/C=C\C1=C(CC)CCCNC1. The molecule has 0 aromatic heterocycles. The number of hydrogen-bond acceptors (Lipinski definition) is 1. The quantitative estimate of drug-likeness (QED) is 0.663. The maximum atomic E-state index is 3.44. The molecule has 0 radical (unpaired) electrons. The summed E-state index contributed by atoms with van der Waals surface area (Å²) in [6.45, 7) is 6.58. The molecule has 0 atom stereocenters. The van der Waals surface area contributed by atoms with Crippen molar-refractivity contribution in [3.63, 3.8) is 0 Å². The van der Waals surface area contributed by atoms with E-state index in [2.05, 4.69) is 31.3 Å². The minimum absolute atomic E-state index is 1.06. The Morgan fingerprint density at radius 2 is 2.33 bits per heavy atom. The molecule has 0 aliphatic carbocycles. The smallest absolute Gasteiger partial charge is 0.0204 e. The van der Waals surface area contributed by atoms with Crippen molar-refractivity contribution < 1.29 is 0 Å². The average molecular weight is 165 g/mol. The van der Waals surface area contributed by atoms with E-state index in [1.54, 1.807) is 5.57 Å². The molecule has 1 nitrogen and oxygen atoms in total. The van der Waals surface area contributed by atoms with Gasteiger partial charge in [0, 0.05) is 6.54 Å². The predicted octanol–water partition coefficient (Wildman–Crippen LogP) is 2.65. The Labute approximate surface area is 75.6 Å². The van der Waals surface area contributed by atoms with Crippen LogP contribution in [0.15, 0.2) is 23.3 Å². The molecule has 0 saturated carbocycles. The van der Waals surface area contributed by atoms with E-state index in [1.165, 1.54) is 31.4 Å². The van der Waals surface area contributed by atoms with Crippen molar-refractivity contribution in [2.24, 2.45) is 0 Å². The summed E-state index contributed by atoms with van der Waals surface area (Å²) in [7, 11) is 0. The topological polar surface area (TPSA) is 12.0 Å². The Morgan fingerprint density at radius 3 is 3.00 bits per heavy atom. The number of nitrogens with one attached hydrogen (secondary N) is 1. The Morgan fingerprint density at radius 1 is 1.50 bits per heavy atom. The fourth-order valence-electron chi connectivity index (χ4n) is 1.72. The van der Waals surface area contributed by atoms with Crippen molar-refractivity contribution in [3.05, 3.63) is 23.3 Å². The van der Waals surface area contributed by atoms with Gasteiger partial charge in [0.25, 0.3) is 0 Å². The van der Waals surface area contributed by atoms with Gasteiger partial charge in [-0.2, -0.15) is 0 Å². The molecule has 0 aromatic carbocycles. The van der Waals surface area contributed by atoms with Gasteiger partial charge in [0.2, 0.25) is 0 Å². The first kappa shape index (κ1) is 9.53. The molecular formula is C11H19N. The highest BCUT2D eigenvalue weighted by Gasteiger charge is 2.05. The third-order valence-corrected chi connectivity index (χ3v) is 2.40. The molecule has 1 heterocycles. The molecule has 1 rings (SSSR count). The number of allylic oxidation sites excluding steroid dienone is 2. The van der Waals surface area contributed by atoms with Crippen LogP contribution < -0.4 is 5.32 Å². The van der Waals surface area contributed by atoms with E-state index < -0.39 is 0 Å². The summed E-state index contributed by atoms with van der Waals surface area (Å²) in [6.07, 6.45) is 8.17. The highest BCUT2D eigenvalue weighted by molar-refractivity contribution is 5.27. The van der Waals surface area contributed by atoms with Crippen LogP contribution in [0.3, 0.4) is 0 Å². The van der Waals surface area contributed by atoms with Crippen molar-refractivity contribution in [1.82, 2.24) is 5.32 Å². The normalized spacial score (nSPS) is 20.2. The zero-order valence-electron chi connectivity index (χ0n) is 8.19. The van der Waals surface area contributed by atoms with Gasteiger partial charge in [-0.3, -0.25) is 0 Å². The standard InChI is InChI=1S/C11H19N/c1-3-6-11-9-12-8-5-7-10(11)4-2/h3,6,12H,4-5,7-9H2,1-2H3/b6-3-. The van der Waals surface area contributed by atoms with Crippen LogP contribution in [-0.4, -0.2) is 13.1 Å². The molecule has 12 heavy (non-hydrogen) atoms. The van der Waals surface area contributed by atoms with Crippen LogP contribution in [0.5, 0.6) is 0 Å². The lowest BCUT2D eigenvalue weighted by atomic mass is 10.0. The fourth-order valence-corrected chi connectivity index (χ4v) is 1.72. The summed E-state index contributed by atoms with van der Waals surface area (Å²) < 4.78 is 0. The highest BCUT2D eigenvalue weighted by Crippen LogP contribution is 2.17. The molecule has 68 valence electrons. The Kier molecular flexibility index (Phi) is 4.09. The van der Waals surface area contributed by atoms with Gasteiger partial charge in [-0.15, -0.1) is 0 Å². The minimum atomic E-state index is 1.06. The third-order valence-electron chi connectivity index (χ3n) is 2.40. The van der Waals surface area contributed by atoms with Crippen LogP contribution in [0.25, 0.3) is 0 Å². The third kappa shape index (κ3) is 2.49. The predicted molar refractivity (Wildman–Crippen MR) is 54.2 cm³/mol. The van der Waals surface area contributed by atoms with Crippen molar-refractivity contribution in [3.8, 4) is 0 Å². The average Bonchev–Trinajstić information content (AvgIpc) is 2.30. The molecule has 0 fully saturated rings. The monoisotopic (exact) mass is 165 g/mol. The second kappa shape index (κ2) is 5.15. The first-order chi connectivity index (χ1) is 5.88. The van der Waals surface area contributed by atoms with Gasteiger partial charge in [0.1, 0.15) is 0 Å². The molecule has 0 saturated heterocycles. The summed E-state index contributed by atoms with van der Waals surface area (Å²) in [5.41, 5.74) is 3.15. The van der Waals surface area contributed by atoms with Crippen molar-refractivity contribution in [2.75, 3.05) is 13.1 Å². The maximum absolute atomic E-state index is 3.44. The minimum Gasteiger partial charge on any atom is -0.313 e. The van der Waals surface area contributed by atoms with Gasteiger partial charge >= 0.3 is 0 Å². The maximum Gasteiger partial charge on any atom is 0.0204 e. The largest absolute Gasteiger partial charge is 0.313 e. The van der Waals surface area contributed by atoms with Crippen LogP contribution >= 0.6 is 0 Å². The fraction of sp³-hybridized carbons (Fsp3) is 0.636. The molecule has 1 aliphatic rings. The molecular weight excluding hydrogens is 146 g/mol. The lowest BCUT2D eigenvalue weighted by Crippen LogP contribution is -2.15. The molecule has 1 N–H and O–H groups in total. The van der Waals surface area contributed by atoms with Crippen LogP contribution in [0, 0.1) is 0 Å². The van der Waals surface area contributed by atoms with Gasteiger partial charge in [-0.25, -0.2) is 0 Å². The zero-order chi connectivity index (χ0) is 8.81. The molecule has 0 unspecified atom stereocenters. The van der Waals surface area contributed by atoms with E-state index in [1.807, 2.05) is 0 Å². The van der Waals surface area contributed by atoms with E-state index in [-0.39, 0.29) is 0 Å². The Hall–Kier alpha value is -0.560.